The number of hydrogen-bond acceptors (Lipinski definition) is 6. The van der Waals surface area contributed by atoms with E-state index in [0.717, 1.165) is 22.2 Å². The van der Waals surface area contributed by atoms with Gasteiger partial charge in [-0.2, -0.15) is 0 Å². The van der Waals surface area contributed by atoms with Gasteiger partial charge in [0.05, 0.1) is 19.2 Å². The normalized spacial score (nSPS) is 11.7. The molecule has 0 aliphatic rings. The summed E-state index contributed by atoms with van der Waals surface area (Å²) < 4.78 is 10.0. The molecule has 2 N–H and O–H groups in total. The number of benzene rings is 2. The van der Waals surface area contributed by atoms with Gasteiger partial charge in [-0.3, -0.25) is 0 Å². The summed E-state index contributed by atoms with van der Waals surface area (Å²) in [5.74, 6) is 1.97. The minimum atomic E-state index is -0.709. The van der Waals surface area contributed by atoms with E-state index in [1.807, 2.05) is 48.5 Å². The van der Waals surface area contributed by atoms with Gasteiger partial charge >= 0.3 is 6.09 Å². The molecule has 0 saturated heterocycles. The minimum Gasteiger partial charge on any atom is -0.497 e. The van der Waals surface area contributed by atoms with E-state index in [9.17, 15) is 4.79 Å². The number of amides is 1. The molecule has 1 heterocycles. The lowest BCUT2D eigenvalue weighted by molar-refractivity contribution is 0.138. The van der Waals surface area contributed by atoms with E-state index in [2.05, 4.69) is 20.6 Å². The fourth-order valence-electron chi connectivity index (χ4n) is 2.61. The minimum absolute atomic E-state index is 0.129. The largest absolute Gasteiger partial charge is 0.497 e. The van der Waals surface area contributed by atoms with Crippen molar-refractivity contribution in [3.05, 3.63) is 59.9 Å². The molecule has 7 nitrogen and oxygen atoms in total. The summed E-state index contributed by atoms with van der Waals surface area (Å²) in [6.45, 7) is 2.28. The van der Waals surface area contributed by atoms with Gasteiger partial charge in [0.15, 0.2) is 11.4 Å². The molecule has 1 unspecified atom stereocenters. The quantitative estimate of drug-likeness (QED) is 0.582. The number of methoxy groups -OCH3 is 1. The number of rotatable bonds is 7. The summed E-state index contributed by atoms with van der Waals surface area (Å²) >= 11 is 5.64. The van der Waals surface area contributed by atoms with Crippen molar-refractivity contribution in [3.8, 4) is 5.75 Å². The van der Waals surface area contributed by atoms with Crippen LogP contribution in [0.1, 0.15) is 18.3 Å². The van der Waals surface area contributed by atoms with Crippen molar-refractivity contribution < 1.29 is 14.3 Å². The summed E-state index contributed by atoms with van der Waals surface area (Å²) in [6, 6.07) is 15.5. The number of fused-ring (bicyclic) bond motifs is 1. The number of halogens is 1. The molecular weight excluding hydrogens is 380 g/mol. The van der Waals surface area contributed by atoms with Crippen LogP contribution in [0.2, 0.25) is 0 Å². The Hall–Kier alpha value is -3.06. The van der Waals surface area contributed by atoms with Crippen LogP contribution >= 0.6 is 11.6 Å². The third kappa shape index (κ3) is 5.23. The molecular formula is C20H21ClN4O3. The number of aromatic nitrogens is 2. The lowest BCUT2D eigenvalue weighted by Crippen LogP contribution is -2.26. The van der Waals surface area contributed by atoms with E-state index in [4.69, 9.17) is 21.1 Å². The fourth-order valence-corrected chi connectivity index (χ4v) is 2.69. The molecule has 0 bridgehead atoms. The molecule has 1 aromatic heterocycles. The number of hydrogen-bond donors (Lipinski definition) is 2. The highest BCUT2D eigenvalue weighted by atomic mass is 35.5. The molecule has 0 aliphatic carbocycles. The van der Waals surface area contributed by atoms with Crippen LogP contribution in [0.4, 0.5) is 10.6 Å². The van der Waals surface area contributed by atoms with Crippen LogP contribution in [-0.4, -0.2) is 28.7 Å². The second-order valence-electron chi connectivity index (χ2n) is 6.01. The Bertz CT molecular complexity index is 948. The number of carbonyl (C=O) groups is 1. The Morgan fingerprint density at radius 1 is 1.11 bits per heavy atom. The number of nitrogens with one attached hydrogen (secondary N) is 2. The Kier molecular flexibility index (Phi) is 6.49. The molecule has 3 aromatic rings. The summed E-state index contributed by atoms with van der Waals surface area (Å²) in [5, 5.41) is 6.84. The molecule has 0 radical (unpaired) electrons. The first-order valence-corrected chi connectivity index (χ1v) is 9.20. The van der Waals surface area contributed by atoms with E-state index in [-0.39, 0.29) is 6.54 Å². The molecule has 2 aromatic carbocycles. The molecule has 28 heavy (non-hydrogen) atoms. The van der Waals surface area contributed by atoms with E-state index >= 15 is 0 Å². The maximum Gasteiger partial charge on any atom is 0.408 e. The Labute approximate surface area is 168 Å². The first-order valence-electron chi connectivity index (χ1n) is 8.76. The lowest BCUT2D eigenvalue weighted by Gasteiger charge is -2.12. The zero-order valence-corrected chi connectivity index (χ0v) is 16.4. The maximum absolute atomic E-state index is 11.6. The monoisotopic (exact) mass is 400 g/mol. The Balaban J connectivity index is 1.76. The zero-order chi connectivity index (χ0) is 19.9. The van der Waals surface area contributed by atoms with Gasteiger partial charge in [-0.05, 0) is 36.8 Å². The molecule has 146 valence electrons. The van der Waals surface area contributed by atoms with Crippen LogP contribution in [0.25, 0.3) is 10.9 Å². The van der Waals surface area contributed by atoms with E-state index in [0.29, 0.717) is 18.2 Å². The standard InChI is InChI=1S/C20H21ClN4O3/c1-13(21)28-20(26)23-12-18-24-17-6-4-3-5-16(17)19(25-18)22-11-14-7-9-15(27-2)10-8-14/h3-10,13H,11-12H2,1-2H3,(H,23,26)(H,22,24,25). The highest BCUT2D eigenvalue weighted by Gasteiger charge is 2.10. The van der Waals surface area contributed by atoms with E-state index in [1.165, 1.54) is 0 Å². The van der Waals surface area contributed by atoms with Gasteiger partial charge in [0.1, 0.15) is 11.6 Å². The van der Waals surface area contributed by atoms with Crippen LogP contribution in [0.3, 0.4) is 0 Å². The van der Waals surface area contributed by atoms with Gasteiger partial charge in [0.25, 0.3) is 0 Å². The van der Waals surface area contributed by atoms with Crippen LogP contribution in [-0.2, 0) is 17.8 Å². The smallest absolute Gasteiger partial charge is 0.408 e. The molecule has 0 aliphatic heterocycles. The SMILES string of the molecule is COc1ccc(CNc2nc(CNC(=O)OC(C)Cl)nc3ccccc23)cc1. The summed E-state index contributed by atoms with van der Waals surface area (Å²) in [4.78, 5) is 20.7. The fraction of sp³-hybridized carbons (Fsp3) is 0.250. The zero-order valence-electron chi connectivity index (χ0n) is 15.6. The highest BCUT2D eigenvalue weighted by Crippen LogP contribution is 2.21. The molecule has 1 amide bonds. The second-order valence-corrected chi connectivity index (χ2v) is 6.62. The first kappa shape index (κ1) is 19.7. The number of alkyl halides is 1. The van der Waals surface area contributed by atoms with E-state index in [1.54, 1.807) is 14.0 Å². The van der Waals surface area contributed by atoms with Crippen molar-refractivity contribution in [1.29, 1.82) is 0 Å². The average molecular weight is 401 g/mol. The topological polar surface area (TPSA) is 85.4 Å². The third-order valence-electron chi connectivity index (χ3n) is 3.93. The van der Waals surface area contributed by atoms with Gasteiger partial charge in [-0.15, -0.1) is 0 Å². The van der Waals surface area contributed by atoms with Crippen LogP contribution in [0, 0.1) is 0 Å². The van der Waals surface area contributed by atoms with Gasteiger partial charge < -0.3 is 20.1 Å². The summed E-state index contributed by atoms with van der Waals surface area (Å²) in [5.41, 5.74) is 1.16. The third-order valence-corrected chi connectivity index (χ3v) is 4.02. The van der Waals surface area contributed by atoms with Crippen LogP contribution in [0.5, 0.6) is 5.75 Å². The Morgan fingerprint density at radius 3 is 2.57 bits per heavy atom. The number of alkyl carbamates (subject to hydrolysis) is 1. The average Bonchev–Trinajstić information content (AvgIpc) is 2.70. The molecule has 0 saturated carbocycles. The molecule has 0 fully saturated rings. The van der Waals surface area contributed by atoms with Crippen LogP contribution in [0.15, 0.2) is 48.5 Å². The predicted molar refractivity (Wildman–Crippen MR) is 108 cm³/mol. The summed E-state index contributed by atoms with van der Waals surface area (Å²) in [6.07, 6.45) is -0.619. The second kappa shape index (κ2) is 9.23. The molecule has 8 heteroatoms. The lowest BCUT2D eigenvalue weighted by atomic mass is 10.2. The summed E-state index contributed by atoms with van der Waals surface area (Å²) in [7, 11) is 1.64. The van der Waals surface area contributed by atoms with E-state index < -0.39 is 11.7 Å². The molecule has 0 spiro atoms. The van der Waals surface area contributed by atoms with Gasteiger partial charge in [-0.25, -0.2) is 14.8 Å². The van der Waals surface area contributed by atoms with Crippen molar-refractivity contribution in [2.45, 2.75) is 25.6 Å². The molecule has 1 atom stereocenters. The highest BCUT2D eigenvalue weighted by molar-refractivity contribution is 6.19. The number of anilines is 1. The first-order chi connectivity index (χ1) is 13.5. The van der Waals surface area contributed by atoms with Crippen molar-refractivity contribution >= 4 is 34.4 Å². The predicted octanol–water partition coefficient (Wildman–Crippen LogP) is 4.06. The van der Waals surface area contributed by atoms with Crippen molar-refractivity contribution in [2.24, 2.45) is 0 Å². The van der Waals surface area contributed by atoms with Gasteiger partial charge in [0.2, 0.25) is 0 Å². The van der Waals surface area contributed by atoms with Crippen LogP contribution < -0.4 is 15.4 Å². The number of carbonyl (C=O) groups excluding carboxylic acids is 1. The number of ether oxygens (including phenoxy) is 2. The van der Waals surface area contributed by atoms with Gasteiger partial charge in [0, 0.05) is 11.9 Å². The number of nitrogens with zero attached hydrogens (tertiary/aromatic N) is 2. The number of para-hydroxylation sites is 1. The van der Waals surface area contributed by atoms with Crippen molar-refractivity contribution in [1.82, 2.24) is 15.3 Å². The Morgan fingerprint density at radius 2 is 1.86 bits per heavy atom. The van der Waals surface area contributed by atoms with Gasteiger partial charge in [-0.1, -0.05) is 35.9 Å². The maximum atomic E-state index is 11.6. The molecule has 3 rings (SSSR count). The van der Waals surface area contributed by atoms with Crippen molar-refractivity contribution in [2.75, 3.05) is 12.4 Å². The van der Waals surface area contributed by atoms with Crippen molar-refractivity contribution in [3.63, 3.8) is 0 Å².